The van der Waals surface area contributed by atoms with Crippen LogP contribution in [0.2, 0.25) is 5.02 Å². The third-order valence-electron chi connectivity index (χ3n) is 5.72. The zero-order valence-corrected chi connectivity index (χ0v) is 18.7. The average Bonchev–Trinajstić information content (AvgIpc) is 3.00. The average molecular weight is 434 g/mol. The second-order valence-corrected chi connectivity index (χ2v) is 8.76. The van der Waals surface area contributed by atoms with Crippen molar-refractivity contribution in [1.82, 2.24) is 14.8 Å². The number of hydrogen-bond acceptors (Lipinski definition) is 3. The molecule has 0 atom stereocenters. The van der Waals surface area contributed by atoms with E-state index in [-0.39, 0.29) is 28.7 Å². The number of rotatable bonds is 6. The first-order valence-electron chi connectivity index (χ1n) is 10.4. The molecule has 2 heterocycles. The van der Waals surface area contributed by atoms with Crippen LogP contribution in [-0.2, 0) is 4.79 Å². The number of ketones is 1. The molecule has 0 radical (unpaired) electrons. The largest absolute Gasteiger partial charge is 0.353 e. The topological polar surface area (TPSA) is 54.3 Å². The lowest BCUT2D eigenvalue weighted by Gasteiger charge is -2.32. The number of aryl methyl sites for hydroxylation is 1. The molecule has 0 aliphatic carbocycles. The molecule has 1 fully saturated rings. The molecule has 0 saturated carbocycles. The number of nitrogens with one attached hydrogen (secondary N) is 1. The van der Waals surface area contributed by atoms with Crippen molar-refractivity contribution in [1.29, 1.82) is 0 Å². The van der Waals surface area contributed by atoms with Crippen LogP contribution in [0.5, 0.6) is 0 Å². The minimum atomic E-state index is -0.466. The zero-order chi connectivity index (χ0) is 22.0. The summed E-state index contributed by atoms with van der Waals surface area (Å²) in [5, 5.41) is 3.13. The van der Waals surface area contributed by atoms with E-state index in [0.29, 0.717) is 12.1 Å². The van der Waals surface area contributed by atoms with E-state index in [1.165, 1.54) is 6.07 Å². The molecule has 0 spiro atoms. The fraction of sp³-hybridized carbons (Fsp3) is 0.478. The van der Waals surface area contributed by atoms with Crippen molar-refractivity contribution < 1.29 is 14.0 Å². The Balaban J connectivity index is 1.66. The van der Waals surface area contributed by atoms with Gasteiger partial charge in [-0.05, 0) is 51.0 Å². The van der Waals surface area contributed by atoms with Gasteiger partial charge in [0.1, 0.15) is 5.82 Å². The van der Waals surface area contributed by atoms with E-state index >= 15 is 0 Å². The van der Waals surface area contributed by atoms with E-state index in [1.54, 1.807) is 12.1 Å². The Kier molecular flexibility index (Phi) is 6.98. The van der Waals surface area contributed by atoms with Gasteiger partial charge in [-0.25, -0.2) is 4.39 Å². The molecule has 1 N–H and O–H groups in total. The van der Waals surface area contributed by atoms with Gasteiger partial charge < -0.3 is 9.88 Å². The fourth-order valence-electron chi connectivity index (χ4n) is 3.96. The van der Waals surface area contributed by atoms with E-state index in [2.05, 4.69) is 10.2 Å². The van der Waals surface area contributed by atoms with Gasteiger partial charge in [0.25, 0.3) is 0 Å². The number of piperidine rings is 1. The van der Waals surface area contributed by atoms with Gasteiger partial charge >= 0.3 is 0 Å². The van der Waals surface area contributed by atoms with Crippen molar-refractivity contribution in [3.8, 4) is 5.69 Å². The van der Waals surface area contributed by atoms with Crippen molar-refractivity contribution in [2.24, 2.45) is 5.92 Å². The van der Waals surface area contributed by atoms with Gasteiger partial charge in [0.2, 0.25) is 5.91 Å². The van der Waals surface area contributed by atoms with Gasteiger partial charge in [0, 0.05) is 47.7 Å². The summed E-state index contributed by atoms with van der Waals surface area (Å²) in [5.74, 6) is -0.340. The number of amides is 1. The molecular weight excluding hydrogens is 405 g/mol. The highest BCUT2D eigenvalue weighted by Gasteiger charge is 2.25. The van der Waals surface area contributed by atoms with Crippen molar-refractivity contribution in [2.75, 3.05) is 19.6 Å². The monoisotopic (exact) mass is 433 g/mol. The molecule has 30 heavy (non-hydrogen) atoms. The highest BCUT2D eigenvalue weighted by Crippen LogP contribution is 2.25. The third kappa shape index (κ3) is 4.93. The molecular formula is C23H29ClFN3O2. The Hall–Kier alpha value is -2.18. The smallest absolute Gasteiger partial charge is 0.222 e. The summed E-state index contributed by atoms with van der Waals surface area (Å²) in [5.41, 5.74) is 3.12. The number of aromatic nitrogens is 1. The molecule has 1 saturated heterocycles. The molecule has 0 unspecified atom stereocenters. The Morgan fingerprint density at radius 1 is 1.20 bits per heavy atom. The second-order valence-electron chi connectivity index (χ2n) is 8.36. The Morgan fingerprint density at radius 2 is 1.87 bits per heavy atom. The summed E-state index contributed by atoms with van der Waals surface area (Å²) in [6.45, 7) is 9.50. The summed E-state index contributed by atoms with van der Waals surface area (Å²) >= 11 is 5.94. The van der Waals surface area contributed by atoms with E-state index in [1.807, 2.05) is 38.3 Å². The van der Waals surface area contributed by atoms with E-state index < -0.39 is 5.82 Å². The molecule has 1 amide bonds. The first-order chi connectivity index (χ1) is 14.2. The molecule has 162 valence electrons. The van der Waals surface area contributed by atoms with Gasteiger partial charge in [-0.2, -0.15) is 0 Å². The Morgan fingerprint density at radius 3 is 2.47 bits per heavy atom. The number of likely N-dealkylation sites (tertiary alicyclic amines) is 1. The van der Waals surface area contributed by atoms with Crippen LogP contribution < -0.4 is 5.32 Å². The van der Waals surface area contributed by atoms with Crippen molar-refractivity contribution in [3.63, 3.8) is 0 Å². The van der Waals surface area contributed by atoms with Gasteiger partial charge in [0.05, 0.1) is 11.6 Å². The maximum Gasteiger partial charge on any atom is 0.222 e. The maximum atomic E-state index is 13.5. The number of benzene rings is 1. The molecule has 1 aromatic carbocycles. The van der Waals surface area contributed by atoms with E-state index in [0.717, 1.165) is 43.0 Å². The fourth-order valence-corrected chi connectivity index (χ4v) is 4.13. The van der Waals surface area contributed by atoms with Crippen molar-refractivity contribution >= 4 is 23.3 Å². The first kappa shape index (κ1) is 22.5. The normalized spacial score (nSPS) is 15.6. The number of carbonyl (C=O) groups is 2. The summed E-state index contributed by atoms with van der Waals surface area (Å²) in [4.78, 5) is 27.0. The van der Waals surface area contributed by atoms with E-state index in [9.17, 15) is 14.0 Å². The zero-order valence-electron chi connectivity index (χ0n) is 18.0. The first-order valence-corrected chi connectivity index (χ1v) is 10.8. The molecule has 7 heteroatoms. The van der Waals surface area contributed by atoms with Gasteiger partial charge in [0.15, 0.2) is 5.78 Å². The van der Waals surface area contributed by atoms with Crippen molar-refractivity contribution in [2.45, 2.75) is 46.6 Å². The predicted octanol–water partition coefficient (Wildman–Crippen LogP) is 4.31. The summed E-state index contributed by atoms with van der Waals surface area (Å²) in [6, 6.07) is 6.62. The number of Topliss-reactive ketones (excluding diaryl/α,β-unsaturated/α-hetero) is 1. The number of hydrogen-bond donors (Lipinski definition) is 1. The quantitative estimate of drug-likeness (QED) is 0.691. The van der Waals surface area contributed by atoms with Crippen LogP contribution in [0.3, 0.4) is 0 Å². The third-order valence-corrected chi connectivity index (χ3v) is 6.01. The van der Waals surface area contributed by atoms with Gasteiger partial charge in [-0.1, -0.05) is 25.4 Å². The van der Waals surface area contributed by atoms with Gasteiger partial charge in [-0.3, -0.25) is 14.5 Å². The molecule has 1 aliphatic heterocycles. The Labute approximate surface area is 182 Å². The minimum absolute atomic E-state index is 0.0177. The highest BCUT2D eigenvalue weighted by molar-refractivity contribution is 6.30. The highest BCUT2D eigenvalue weighted by atomic mass is 35.5. The molecule has 5 nitrogen and oxygen atoms in total. The van der Waals surface area contributed by atoms with Crippen LogP contribution in [0.4, 0.5) is 4.39 Å². The molecule has 0 bridgehead atoms. The standard InChI is InChI=1S/C23H29ClFN3O2/c1-14(2)23(30)26-17-7-9-27(10-8-17)13-22(29)19-11-15(3)28(16(19)4)18-5-6-21(25)20(24)12-18/h5-6,11-12,14,17H,7-10,13H2,1-4H3,(H,26,30). The SMILES string of the molecule is Cc1cc(C(=O)CN2CCC(NC(=O)C(C)C)CC2)c(C)n1-c1ccc(F)c(Cl)c1. The molecule has 1 aromatic heterocycles. The van der Waals surface area contributed by atoms with Crippen LogP contribution in [0, 0.1) is 25.6 Å². The maximum absolute atomic E-state index is 13.5. The summed E-state index contributed by atoms with van der Waals surface area (Å²) in [7, 11) is 0. The van der Waals surface area contributed by atoms with Crippen LogP contribution in [0.1, 0.15) is 48.4 Å². The number of carbonyl (C=O) groups excluding carboxylic acids is 2. The lowest BCUT2D eigenvalue weighted by Crippen LogP contribution is -2.46. The summed E-state index contributed by atoms with van der Waals surface area (Å²) < 4.78 is 15.4. The molecule has 3 rings (SSSR count). The van der Waals surface area contributed by atoms with Crippen molar-refractivity contribution in [3.05, 3.63) is 52.1 Å². The number of nitrogens with zero attached hydrogens (tertiary/aromatic N) is 2. The van der Waals surface area contributed by atoms with E-state index in [4.69, 9.17) is 11.6 Å². The summed E-state index contributed by atoms with van der Waals surface area (Å²) in [6.07, 6.45) is 1.69. The van der Waals surface area contributed by atoms with Crippen LogP contribution >= 0.6 is 11.6 Å². The predicted molar refractivity (Wildman–Crippen MR) is 117 cm³/mol. The lowest BCUT2D eigenvalue weighted by atomic mass is 10.0. The Bertz CT molecular complexity index is 946. The molecule has 1 aliphatic rings. The lowest BCUT2D eigenvalue weighted by molar-refractivity contribution is -0.125. The van der Waals surface area contributed by atoms with Crippen LogP contribution in [-0.4, -0.2) is 46.8 Å². The number of halogens is 2. The van der Waals surface area contributed by atoms with Crippen LogP contribution in [0.25, 0.3) is 5.69 Å². The molecule has 2 aromatic rings. The second kappa shape index (κ2) is 9.31. The van der Waals surface area contributed by atoms with Gasteiger partial charge in [-0.15, -0.1) is 0 Å². The van der Waals surface area contributed by atoms with Crippen LogP contribution in [0.15, 0.2) is 24.3 Å². The minimum Gasteiger partial charge on any atom is -0.353 e.